The van der Waals surface area contributed by atoms with Crippen molar-refractivity contribution in [2.24, 2.45) is 0 Å². The number of hydrogen-bond acceptors (Lipinski definition) is 4. The molecule has 2 saturated heterocycles. The summed E-state index contributed by atoms with van der Waals surface area (Å²) in [4.78, 5) is 22.1. The smallest absolute Gasteiger partial charge is 0.223 e. The van der Waals surface area contributed by atoms with Gasteiger partial charge in [0.15, 0.2) is 0 Å². The Labute approximate surface area is 164 Å². The first-order chi connectivity index (χ1) is 13.1. The summed E-state index contributed by atoms with van der Waals surface area (Å²) in [7, 11) is 0. The van der Waals surface area contributed by atoms with E-state index in [4.69, 9.17) is 0 Å². The first-order valence-electron chi connectivity index (χ1n) is 10.6. The zero-order valence-electron chi connectivity index (χ0n) is 17.4. The summed E-state index contributed by atoms with van der Waals surface area (Å²) in [5.41, 5.74) is 2.64. The molecule has 1 aromatic rings. The maximum atomic E-state index is 12.6. The largest absolute Gasteiger partial charge is 0.369 e. The summed E-state index contributed by atoms with van der Waals surface area (Å²) in [5, 5.41) is 0. The van der Waals surface area contributed by atoms with Gasteiger partial charge in [-0.15, -0.1) is 0 Å². The van der Waals surface area contributed by atoms with Crippen LogP contribution in [-0.4, -0.2) is 85.6 Å². The molecule has 5 heteroatoms. The van der Waals surface area contributed by atoms with E-state index in [1.54, 1.807) is 0 Å². The molecule has 2 fully saturated rings. The molecule has 0 spiro atoms. The maximum Gasteiger partial charge on any atom is 0.223 e. The Morgan fingerprint density at radius 3 is 2.37 bits per heavy atom. The Morgan fingerprint density at radius 1 is 1.04 bits per heavy atom. The van der Waals surface area contributed by atoms with Gasteiger partial charge in [-0.1, -0.05) is 19.1 Å². The average molecular weight is 373 g/mol. The molecule has 0 saturated carbocycles. The van der Waals surface area contributed by atoms with Gasteiger partial charge in [-0.2, -0.15) is 0 Å². The van der Waals surface area contributed by atoms with Crippen molar-refractivity contribution >= 4 is 11.6 Å². The minimum absolute atomic E-state index is 0.333. The third kappa shape index (κ3) is 5.45. The van der Waals surface area contributed by atoms with Crippen LogP contribution in [0.15, 0.2) is 24.3 Å². The van der Waals surface area contributed by atoms with Gasteiger partial charge in [0, 0.05) is 77.1 Å². The van der Waals surface area contributed by atoms with Gasteiger partial charge in [-0.3, -0.25) is 14.6 Å². The van der Waals surface area contributed by atoms with Crippen molar-refractivity contribution in [3.8, 4) is 0 Å². The van der Waals surface area contributed by atoms with Gasteiger partial charge in [-0.05, 0) is 38.0 Å². The number of anilines is 1. The van der Waals surface area contributed by atoms with E-state index in [-0.39, 0.29) is 0 Å². The number of carbonyl (C=O) groups excluding carboxylic acids is 1. The maximum absolute atomic E-state index is 12.6. The molecule has 1 amide bonds. The van der Waals surface area contributed by atoms with E-state index in [0.717, 1.165) is 58.9 Å². The first kappa shape index (κ1) is 20.2. The van der Waals surface area contributed by atoms with Crippen molar-refractivity contribution < 1.29 is 4.79 Å². The second-order valence-corrected chi connectivity index (χ2v) is 8.09. The highest BCUT2D eigenvalue weighted by Crippen LogP contribution is 2.18. The van der Waals surface area contributed by atoms with E-state index in [9.17, 15) is 4.79 Å². The molecule has 1 unspecified atom stereocenters. The number of benzene rings is 1. The number of piperazine rings is 2. The Morgan fingerprint density at radius 2 is 1.74 bits per heavy atom. The lowest BCUT2D eigenvalue weighted by atomic mass is 10.1. The zero-order valence-corrected chi connectivity index (χ0v) is 17.4. The summed E-state index contributed by atoms with van der Waals surface area (Å²) < 4.78 is 0. The van der Waals surface area contributed by atoms with E-state index in [1.807, 2.05) is 0 Å². The van der Waals surface area contributed by atoms with Crippen LogP contribution < -0.4 is 4.90 Å². The molecule has 2 aliphatic heterocycles. The van der Waals surface area contributed by atoms with E-state index in [0.29, 0.717) is 18.4 Å². The van der Waals surface area contributed by atoms with Crippen LogP contribution in [0.5, 0.6) is 0 Å². The summed E-state index contributed by atoms with van der Waals surface area (Å²) in [6.07, 6.45) is 1.84. The van der Waals surface area contributed by atoms with Crippen molar-refractivity contribution in [1.29, 1.82) is 0 Å². The molecular weight excluding hydrogens is 336 g/mol. The molecule has 1 atom stereocenters. The quantitative estimate of drug-likeness (QED) is 0.767. The fourth-order valence-electron chi connectivity index (χ4n) is 4.14. The minimum atomic E-state index is 0.333. The van der Waals surface area contributed by atoms with Crippen molar-refractivity contribution in [3.05, 3.63) is 29.8 Å². The predicted octanol–water partition coefficient (Wildman–Crippen LogP) is 2.45. The molecule has 1 aromatic carbocycles. The normalized spacial score (nSPS) is 20.7. The SMILES string of the molecule is CCC(C)N1CCN(C(=O)CCN2CCN(c3cccc(C)c3)CC2)CC1. The number of aryl methyl sites for hydroxylation is 1. The van der Waals surface area contributed by atoms with E-state index in [2.05, 4.69) is 64.6 Å². The molecule has 5 nitrogen and oxygen atoms in total. The highest BCUT2D eigenvalue weighted by atomic mass is 16.2. The highest BCUT2D eigenvalue weighted by molar-refractivity contribution is 5.76. The number of nitrogens with zero attached hydrogens (tertiary/aromatic N) is 4. The van der Waals surface area contributed by atoms with Crippen LogP contribution in [-0.2, 0) is 4.79 Å². The monoisotopic (exact) mass is 372 g/mol. The van der Waals surface area contributed by atoms with Gasteiger partial charge >= 0.3 is 0 Å². The average Bonchev–Trinajstić information content (AvgIpc) is 2.72. The molecule has 150 valence electrons. The van der Waals surface area contributed by atoms with Gasteiger partial charge in [0.05, 0.1) is 0 Å². The molecule has 0 N–H and O–H groups in total. The van der Waals surface area contributed by atoms with Crippen molar-refractivity contribution in [1.82, 2.24) is 14.7 Å². The molecule has 3 rings (SSSR count). The van der Waals surface area contributed by atoms with Gasteiger partial charge in [0.25, 0.3) is 0 Å². The second-order valence-electron chi connectivity index (χ2n) is 8.09. The first-order valence-corrected chi connectivity index (χ1v) is 10.6. The van der Waals surface area contributed by atoms with Crippen LogP contribution in [0.3, 0.4) is 0 Å². The van der Waals surface area contributed by atoms with Gasteiger partial charge in [-0.25, -0.2) is 0 Å². The van der Waals surface area contributed by atoms with Crippen molar-refractivity contribution in [2.75, 3.05) is 63.8 Å². The van der Waals surface area contributed by atoms with Crippen LogP contribution >= 0.6 is 0 Å². The van der Waals surface area contributed by atoms with Crippen LogP contribution in [0.25, 0.3) is 0 Å². The minimum Gasteiger partial charge on any atom is -0.369 e. The lowest BCUT2D eigenvalue weighted by Crippen LogP contribution is -2.52. The van der Waals surface area contributed by atoms with Crippen molar-refractivity contribution in [2.45, 2.75) is 39.7 Å². The fourth-order valence-corrected chi connectivity index (χ4v) is 4.14. The Balaban J connectivity index is 1.37. The van der Waals surface area contributed by atoms with Crippen molar-refractivity contribution in [3.63, 3.8) is 0 Å². The molecule has 0 radical (unpaired) electrons. The summed E-state index contributed by atoms with van der Waals surface area (Å²) in [6, 6.07) is 9.38. The number of rotatable bonds is 6. The molecule has 2 heterocycles. The molecule has 27 heavy (non-hydrogen) atoms. The molecule has 0 bridgehead atoms. The fraction of sp³-hybridized carbons (Fsp3) is 0.682. The van der Waals surface area contributed by atoms with E-state index in [1.165, 1.54) is 17.7 Å². The Bertz CT molecular complexity index is 604. The third-order valence-corrected chi connectivity index (χ3v) is 6.26. The molecule has 0 aliphatic carbocycles. The molecular formula is C22H36N4O. The Hall–Kier alpha value is -1.59. The van der Waals surface area contributed by atoms with Crippen LogP contribution in [0.1, 0.15) is 32.3 Å². The van der Waals surface area contributed by atoms with Gasteiger partial charge < -0.3 is 9.80 Å². The number of hydrogen-bond donors (Lipinski definition) is 0. The van der Waals surface area contributed by atoms with Gasteiger partial charge in [0.2, 0.25) is 5.91 Å². The van der Waals surface area contributed by atoms with Crippen LogP contribution in [0, 0.1) is 6.92 Å². The zero-order chi connectivity index (χ0) is 19.2. The summed E-state index contributed by atoms with van der Waals surface area (Å²) in [6.45, 7) is 15.6. The summed E-state index contributed by atoms with van der Waals surface area (Å²) >= 11 is 0. The number of carbonyl (C=O) groups is 1. The van der Waals surface area contributed by atoms with E-state index >= 15 is 0 Å². The third-order valence-electron chi connectivity index (χ3n) is 6.26. The molecule has 2 aliphatic rings. The van der Waals surface area contributed by atoms with Crippen LogP contribution in [0.2, 0.25) is 0 Å². The second kappa shape index (κ2) is 9.56. The van der Waals surface area contributed by atoms with Gasteiger partial charge in [0.1, 0.15) is 0 Å². The van der Waals surface area contributed by atoms with E-state index < -0.39 is 0 Å². The number of amides is 1. The highest BCUT2D eigenvalue weighted by Gasteiger charge is 2.24. The lowest BCUT2D eigenvalue weighted by molar-refractivity contribution is -0.133. The molecule has 0 aromatic heterocycles. The topological polar surface area (TPSA) is 30.0 Å². The lowest BCUT2D eigenvalue weighted by Gasteiger charge is -2.39. The predicted molar refractivity (Wildman–Crippen MR) is 112 cm³/mol. The standard InChI is InChI=1S/C22H36N4O/c1-4-20(3)24-14-16-26(17-15-24)22(27)8-9-23-10-12-25(13-11-23)21-7-5-6-19(2)18-21/h5-7,18,20H,4,8-17H2,1-3H3. The summed E-state index contributed by atoms with van der Waals surface area (Å²) in [5.74, 6) is 0.333. The van der Waals surface area contributed by atoms with Crippen LogP contribution in [0.4, 0.5) is 5.69 Å². The Kier molecular flexibility index (Phi) is 7.13.